The third kappa shape index (κ3) is 6.49. The quantitative estimate of drug-likeness (QED) is 0.228. The number of hydroxylamine groups is 1. The molecule has 0 spiro atoms. The molecular weight excluding hydrogens is 518 g/mol. The number of nitrogens with one attached hydrogen (secondary N) is 1. The Morgan fingerprint density at radius 2 is 2.03 bits per heavy atom. The number of pyridine rings is 1. The molecule has 2 amide bonds. The molecule has 38 heavy (non-hydrogen) atoms. The summed E-state index contributed by atoms with van der Waals surface area (Å²) < 4.78 is 29.4. The van der Waals surface area contributed by atoms with Crippen LogP contribution in [0.1, 0.15) is 18.2 Å². The first-order valence-corrected chi connectivity index (χ1v) is 12.0. The molecule has 4 rings (SSSR count). The van der Waals surface area contributed by atoms with Gasteiger partial charge in [-0.15, -0.1) is 0 Å². The number of anilines is 1. The molecule has 0 unspecified atom stereocenters. The van der Waals surface area contributed by atoms with Crippen LogP contribution in [0.15, 0.2) is 61.2 Å². The number of aromatic nitrogens is 3. The topological polar surface area (TPSA) is 92.6 Å². The number of carbonyl (C=O) groups excluding carboxylic acids is 2. The third-order valence-corrected chi connectivity index (χ3v) is 6.20. The normalized spacial score (nSPS) is 11.9. The molecule has 0 saturated heterocycles. The van der Waals surface area contributed by atoms with Gasteiger partial charge >= 0.3 is 0 Å². The molecule has 2 aromatic heterocycles. The molecule has 0 fully saturated rings. The minimum Gasteiger partial charge on any atom is -0.340 e. The lowest BCUT2D eigenvalue weighted by Gasteiger charge is -2.32. The van der Waals surface area contributed by atoms with Crippen molar-refractivity contribution in [3.8, 4) is 0 Å². The third-order valence-electron chi connectivity index (χ3n) is 5.78. The molecule has 198 valence electrons. The van der Waals surface area contributed by atoms with Gasteiger partial charge in [0.1, 0.15) is 11.6 Å². The van der Waals surface area contributed by atoms with Gasteiger partial charge in [-0.25, -0.2) is 24.2 Å². The molecule has 12 heteroatoms. The zero-order chi connectivity index (χ0) is 27.2. The largest absolute Gasteiger partial charge is 0.340 e. The number of carbonyl (C=O) groups is 2. The molecule has 2 aromatic carbocycles. The van der Waals surface area contributed by atoms with Crippen molar-refractivity contribution in [1.29, 1.82) is 0 Å². The van der Waals surface area contributed by atoms with Crippen LogP contribution in [-0.4, -0.2) is 44.5 Å². The summed E-state index contributed by atoms with van der Waals surface area (Å²) >= 11 is 6.08. The second kappa shape index (κ2) is 12.1. The van der Waals surface area contributed by atoms with Crippen LogP contribution in [0, 0.1) is 11.6 Å². The van der Waals surface area contributed by atoms with E-state index < -0.39 is 17.7 Å². The molecule has 0 radical (unpaired) electrons. The molecular formula is C26H25ClF2N6O3. The molecule has 4 aromatic rings. The summed E-state index contributed by atoms with van der Waals surface area (Å²) in [5.74, 6) is -1.20. The minimum absolute atomic E-state index is 0.0491. The predicted octanol–water partition coefficient (Wildman–Crippen LogP) is 3.96. The number of amides is 2. The highest BCUT2D eigenvalue weighted by Gasteiger charge is 2.25. The van der Waals surface area contributed by atoms with Crippen LogP contribution in [0.5, 0.6) is 0 Å². The Hall–Kier alpha value is -3.93. The van der Waals surface area contributed by atoms with E-state index in [9.17, 15) is 18.4 Å². The van der Waals surface area contributed by atoms with E-state index in [1.807, 2.05) is 7.05 Å². The monoisotopic (exact) mass is 542 g/mol. The zero-order valence-corrected chi connectivity index (χ0v) is 21.4. The van der Waals surface area contributed by atoms with Gasteiger partial charge in [0.05, 0.1) is 29.7 Å². The maximum atomic E-state index is 13.9. The lowest BCUT2D eigenvalue weighted by atomic mass is 10.1. The fourth-order valence-electron chi connectivity index (χ4n) is 3.93. The molecule has 2 heterocycles. The van der Waals surface area contributed by atoms with Crippen LogP contribution in [-0.2, 0) is 34.4 Å². The van der Waals surface area contributed by atoms with Crippen molar-refractivity contribution in [2.75, 3.05) is 11.7 Å². The second-order valence-electron chi connectivity index (χ2n) is 8.59. The number of rotatable bonds is 11. The lowest BCUT2D eigenvalue weighted by molar-refractivity contribution is -0.137. The van der Waals surface area contributed by atoms with Crippen molar-refractivity contribution in [3.63, 3.8) is 0 Å². The standard InChI is InChI=1S/C26H25ClF2N6O3/c1-17(37)35(32-12-19-4-3-5-24(29)26(19)27)23(10-22-13-33(2)15-31-22)14-38-34(16-36)25-9-20-8-21(28)7-6-18(20)11-30-25/h3-9,11,13,15-16,23,32H,10,12,14H2,1-2H3/t23-/m0/s1. The fourth-order valence-corrected chi connectivity index (χ4v) is 4.12. The van der Waals surface area contributed by atoms with Gasteiger partial charge in [-0.05, 0) is 41.3 Å². The lowest BCUT2D eigenvalue weighted by Crippen LogP contribution is -2.52. The number of nitrogens with zero attached hydrogens (tertiary/aromatic N) is 5. The Labute approximate surface area is 222 Å². The summed E-state index contributed by atoms with van der Waals surface area (Å²) in [7, 11) is 1.82. The number of fused-ring (bicyclic) bond motifs is 1. The van der Waals surface area contributed by atoms with Crippen LogP contribution >= 0.6 is 11.6 Å². The smallest absolute Gasteiger partial charge is 0.239 e. The van der Waals surface area contributed by atoms with E-state index in [4.69, 9.17) is 16.4 Å². The maximum Gasteiger partial charge on any atom is 0.239 e. The van der Waals surface area contributed by atoms with Gasteiger partial charge in [0.25, 0.3) is 0 Å². The SMILES string of the molecule is CC(=O)N(NCc1cccc(F)c1Cl)[C@H](CON(C=O)c1cc2cc(F)ccc2cn1)Cc1cn(C)cn1. The van der Waals surface area contributed by atoms with Crippen LogP contribution < -0.4 is 10.5 Å². The molecule has 0 bridgehead atoms. The molecule has 1 N–H and O–H groups in total. The van der Waals surface area contributed by atoms with E-state index >= 15 is 0 Å². The number of benzene rings is 2. The van der Waals surface area contributed by atoms with Crippen molar-refractivity contribution < 1.29 is 23.2 Å². The summed E-state index contributed by atoms with van der Waals surface area (Å²) in [6, 6.07) is 9.52. The van der Waals surface area contributed by atoms with Gasteiger partial charge < -0.3 is 4.57 Å². The number of hydrogen-bond donors (Lipinski definition) is 1. The van der Waals surface area contributed by atoms with Gasteiger partial charge in [0.2, 0.25) is 12.3 Å². The first kappa shape index (κ1) is 27.1. The van der Waals surface area contributed by atoms with Crippen LogP contribution in [0.4, 0.5) is 14.6 Å². The van der Waals surface area contributed by atoms with E-state index in [2.05, 4.69) is 15.4 Å². The number of hydrazine groups is 1. The van der Waals surface area contributed by atoms with Crippen LogP contribution in [0.3, 0.4) is 0 Å². The molecule has 9 nitrogen and oxygen atoms in total. The molecule has 0 saturated carbocycles. The summed E-state index contributed by atoms with van der Waals surface area (Å²) in [6.07, 6.45) is 5.63. The van der Waals surface area contributed by atoms with Crippen molar-refractivity contribution >= 4 is 40.5 Å². The zero-order valence-electron chi connectivity index (χ0n) is 20.6. The number of halogens is 3. The Balaban J connectivity index is 1.56. The maximum absolute atomic E-state index is 13.9. The van der Waals surface area contributed by atoms with E-state index in [-0.39, 0.29) is 36.3 Å². The average Bonchev–Trinajstić information content (AvgIpc) is 3.30. The van der Waals surface area contributed by atoms with Gasteiger partial charge in [0, 0.05) is 44.7 Å². The summed E-state index contributed by atoms with van der Waals surface area (Å²) in [5, 5.41) is 3.43. The van der Waals surface area contributed by atoms with Crippen molar-refractivity contribution in [1.82, 2.24) is 25.0 Å². The van der Waals surface area contributed by atoms with E-state index in [0.717, 1.165) is 5.06 Å². The van der Waals surface area contributed by atoms with E-state index in [0.29, 0.717) is 28.4 Å². The van der Waals surface area contributed by atoms with Gasteiger partial charge in [0.15, 0.2) is 5.82 Å². The first-order valence-electron chi connectivity index (χ1n) is 11.6. The number of aryl methyl sites for hydroxylation is 1. The molecule has 0 aliphatic rings. The molecule has 1 atom stereocenters. The first-order chi connectivity index (χ1) is 18.2. The van der Waals surface area contributed by atoms with Gasteiger partial charge in [-0.1, -0.05) is 23.7 Å². The number of hydrogen-bond acceptors (Lipinski definition) is 6. The second-order valence-corrected chi connectivity index (χ2v) is 8.96. The highest BCUT2D eigenvalue weighted by molar-refractivity contribution is 6.31. The Bertz CT molecular complexity index is 1450. The highest BCUT2D eigenvalue weighted by atomic mass is 35.5. The Morgan fingerprint density at radius 3 is 2.74 bits per heavy atom. The summed E-state index contributed by atoms with van der Waals surface area (Å²) in [6.45, 7) is 1.29. The Morgan fingerprint density at radius 1 is 1.21 bits per heavy atom. The predicted molar refractivity (Wildman–Crippen MR) is 138 cm³/mol. The molecule has 0 aliphatic heterocycles. The van der Waals surface area contributed by atoms with Crippen LogP contribution in [0.2, 0.25) is 5.02 Å². The van der Waals surface area contributed by atoms with E-state index in [1.54, 1.807) is 29.2 Å². The minimum atomic E-state index is -0.643. The summed E-state index contributed by atoms with van der Waals surface area (Å²) in [5.41, 5.74) is 4.13. The van der Waals surface area contributed by atoms with Crippen molar-refractivity contribution in [2.45, 2.75) is 25.9 Å². The van der Waals surface area contributed by atoms with Crippen LogP contribution in [0.25, 0.3) is 10.8 Å². The molecule has 0 aliphatic carbocycles. The number of imidazole rings is 1. The average molecular weight is 543 g/mol. The van der Waals surface area contributed by atoms with E-state index in [1.165, 1.54) is 48.5 Å². The fraction of sp³-hybridized carbons (Fsp3) is 0.231. The Kier molecular flexibility index (Phi) is 8.62. The van der Waals surface area contributed by atoms with Crippen molar-refractivity contribution in [2.24, 2.45) is 7.05 Å². The van der Waals surface area contributed by atoms with Crippen molar-refractivity contribution in [3.05, 3.63) is 89.1 Å². The van der Waals surface area contributed by atoms with Gasteiger partial charge in [-0.3, -0.25) is 19.4 Å². The highest BCUT2D eigenvalue weighted by Crippen LogP contribution is 2.22. The van der Waals surface area contributed by atoms with Gasteiger partial charge in [-0.2, -0.15) is 5.06 Å². The summed E-state index contributed by atoms with van der Waals surface area (Å²) in [4.78, 5) is 38.9.